The van der Waals surface area contributed by atoms with Gasteiger partial charge in [0.2, 0.25) is 0 Å². The first-order chi connectivity index (χ1) is 16.4. The molecule has 0 fully saturated rings. The third-order valence-electron chi connectivity index (χ3n) is 9.64. The Morgan fingerprint density at radius 2 is 1.32 bits per heavy atom. The molecule has 37 heavy (non-hydrogen) atoms. The van der Waals surface area contributed by atoms with Crippen molar-refractivity contribution in [3.05, 3.63) is 36.0 Å². The molecular weight excluding hydrogens is 472 g/mol. The van der Waals surface area contributed by atoms with Crippen LogP contribution in [0.25, 0.3) is 0 Å². The van der Waals surface area contributed by atoms with Crippen molar-refractivity contribution in [1.29, 1.82) is 0 Å². The summed E-state index contributed by atoms with van der Waals surface area (Å²) < 4.78 is 0. The molecule has 0 aliphatic carbocycles. The number of thioether (sulfide) groups is 1. The van der Waals surface area contributed by atoms with E-state index >= 15 is 0 Å². The van der Waals surface area contributed by atoms with Gasteiger partial charge in [0.05, 0.1) is 6.61 Å². The minimum absolute atomic E-state index is 0.0645. The van der Waals surface area contributed by atoms with E-state index in [0.717, 1.165) is 29.9 Å². The van der Waals surface area contributed by atoms with Gasteiger partial charge in [-0.25, -0.2) is 0 Å². The third-order valence-corrected chi connectivity index (χ3v) is 10.6. The Hall–Kier alpha value is -0.550. The van der Waals surface area contributed by atoms with Crippen molar-refractivity contribution in [2.45, 2.75) is 132 Å². The Morgan fingerprint density at radius 3 is 1.76 bits per heavy atom. The van der Waals surface area contributed by atoms with Crippen LogP contribution in [-0.4, -0.2) is 69.3 Å². The lowest BCUT2D eigenvalue weighted by Gasteiger charge is -2.55. The molecule has 0 aliphatic heterocycles. The first-order valence-corrected chi connectivity index (χ1v) is 15.3. The van der Waals surface area contributed by atoms with Crippen LogP contribution in [0.15, 0.2) is 36.0 Å². The zero-order valence-electron chi connectivity index (χ0n) is 27.7. The minimum Gasteiger partial charge on any atom is -0.396 e. The first kappa shape index (κ1) is 36.5. The van der Waals surface area contributed by atoms with Crippen LogP contribution in [0.5, 0.6) is 0 Å². The number of hydrogen-bond donors (Lipinski definition) is 1. The maximum Gasteiger partial charge on any atom is 0.0521 e. The predicted octanol–water partition coefficient (Wildman–Crippen LogP) is 8.60. The summed E-state index contributed by atoms with van der Waals surface area (Å²) in [4.78, 5) is 5.03. The molecule has 0 atom stereocenters. The highest BCUT2D eigenvalue weighted by molar-refractivity contribution is 7.99. The summed E-state index contributed by atoms with van der Waals surface area (Å²) in [7, 11) is 4.51. The summed E-state index contributed by atoms with van der Waals surface area (Å²) in [6, 6.07) is 0. The molecule has 0 bridgehead atoms. The SMILES string of the molecule is C=C(/C=C(\C=C\C(C)(C)C)C(C)(C)N(C)C(C)(C)CC)C(C)(C)N(C)C(C)(C)C(C)(C)CCSCCO. The highest BCUT2D eigenvalue weighted by Crippen LogP contribution is 2.44. The van der Waals surface area contributed by atoms with E-state index in [0.29, 0.717) is 0 Å². The molecule has 0 heterocycles. The molecule has 0 unspecified atom stereocenters. The molecule has 0 aliphatic rings. The normalized spacial score (nSPS) is 15.4. The highest BCUT2D eigenvalue weighted by atomic mass is 32.2. The van der Waals surface area contributed by atoms with Crippen LogP contribution in [0, 0.1) is 10.8 Å². The maximum absolute atomic E-state index is 9.16. The lowest BCUT2D eigenvalue weighted by molar-refractivity contribution is -0.0202. The topological polar surface area (TPSA) is 26.7 Å². The average molecular weight is 537 g/mol. The second-order valence-electron chi connectivity index (χ2n) is 14.8. The van der Waals surface area contributed by atoms with Crippen LogP contribution >= 0.6 is 11.8 Å². The van der Waals surface area contributed by atoms with E-state index in [2.05, 4.69) is 146 Å². The molecule has 0 aromatic rings. The zero-order valence-corrected chi connectivity index (χ0v) is 28.5. The van der Waals surface area contributed by atoms with E-state index in [9.17, 15) is 0 Å². The van der Waals surface area contributed by atoms with Crippen molar-refractivity contribution < 1.29 is 5.11 Å². The highest BCUT2D eigenvalue weighted by Gasteiger charge is 2.45. The van der Waals surface area contributed by atoms with Gasteiger partial charge in [0.25, 0.3) is 0 Å². The molecule has 0 amide bonds. The Morgan fingerprint density at radius 1 is 0.811 bits per heavy atom. The zero-order chi connectivity index (χ0) is 29.7. The van der Waals surface area contributed by atoms with Crippen molar-refractivity contribution >= 4 is 11.8 Å². The smallest absolute Gasteiger partial charge is 0.0521 e. The summed E-state index contributed by atoms with van der Waals surface area (Å²) in [5, 5.41) is 9.16. The Labute approximate surface area is 237 Å². The van der Waals surface area contributed by atoms with Gasteiger partial charge < -0.3 is 5.11 Å². The second-order valence-corrected chi connectivity index (χ2v) is 16.0. The van der Waals surface area contributed by atoms with E-state index in [4.69, 9.17) is 5.11 Å². The first-order valence-electron chi connectivity index (χ1n) is 14.2. The summed E-state index contributed by atoms with van der Waals surface area (Å²) in [5.41, 5.74) is 2.20. The standard InChI is InChI=1S/C33H64N2OS/c1-18-30(8,9)34(16)32(12,13)27(19-20-28(3,4)5)25-26(2)31(10,11)35(17)33(14,15)29(6,7)21-23-37-24-22-36/h19-20,25,36H,2,18,21-24H2,1,3-17H3/b20-19+,27-25+. The Balaban J connectivity index is 6.44. The maximum atomic E-state index is 9.16. The van der Waals surface area contributed by atoms with Crippen LogP contribution in [0.2, 0.25) is 0 Å². The second kappa shape index (κ2) is 13.2. The minimum atomic E-state index is -0.241. The lowest BCUT2D eigenvalue weighted by Crippen LogP contribution is -2.60. The van der Waals surface area contributed by atoms with Gasteiger partial charge in [0, 0.05) is 27.9 Å². The van der Waals surface area contributed by atoms with Crippen LogP contribution in [0.4, 0.5) is 0 Å². The van der Waals surface area contributed by atoms with E-state index < -0.39 is 0 Å². The molecule has 218 valence electrons. The van der Waals surface area contributed by atoms with Crippen molar-refractivity contribution in [3.8, 4) is 0 Å². The summed E-state index contributed by atoms with van der Waals surface area (Å²) in [6.45, 7) is 37.4. The van der Waals surface area contributed by atoms with Gasteiger partial charge in [-0.3, -0.25) is 9.80 Å². The van der Waals surface area contributed by atoms with Crippen LogP contribution in [-0.2, 0) is 0 Å². The summed E-state index contributed by atoms with van der Waals surface area (Å²) in [6.07, 6.45) is 9.18. The fourth-order valence-electron chi connectivity index (χ4n) is 4.49. The fourth-order valence-corrected chi connectivity index (χ4v) is 5.48. The summed E-state index contributed by atoms with van der Waals surface area (Å²) in [5.74, 6) is 1.87. The molecule has 0 radical (unpaired) electrons. The fraction of sp³-hybridized carbons (Fsp3) is 0.818. The molecule has 3 nitrogen and oxygen atoms in total. The van der Waals surface area contributed by atoms with Crippen molar-refractivity contribution in [2.24, 2.45) is 10.8 Å². The number of likely N-dealkylation sites (N-methyl/N-ethyl adjacent to an activating group) is 2. The third kappa shape index (κ3) is 9.55. The van der Waals surface area contributed by atoms with Gasteiger partial charge in [-0.05, 0) is 110 Å². The molecule has 1 N–H and O–H groups in total. The monoisotopic (exact) mass is 536 g/mol. The number of rotatable bonds is 15. The van der Waals surface area contributed by atoms with Crippen molar-refractivity contribution in [2.75, 3.05) is 32.2 Å². The molecule has 4 heteroatoms. The van der Waals surface area contributed by atoms with E-state index in [1.807, 2.05) is 11.8 Å². The van der Waals surface area contributed by atoms with Crippen molar-refractivity contribution in [1.82, 2.24) is 9.80 Å². The molecule has 0 aromatic carbocycles. The van der Waals surface area contributed by atoms with E-state index in [1.165, 1.54) is 5.57 Å². The quantitative estimate of drug-likeness (QED) is 0.167. The number of hydrogen-bond acceptors (Lipinski definition) is 4. The van der Waals surface area contributed by atoms with Crippen LogP contribution in [0.3, 0.4) is 0 Å². The molecule has 0 saturated heterocycles. The Bertz CT molecular complexity index is 794. The van der Waals surface area contributed by atoms with Crippen LogP contribution < -0.4 is 0 Å². The number of allylic oxidation sites excluding steroid dienone is 1. The molecule has 0 spiro atoms. The van der Waals surface area contributed by atoms with Gasteiger partial charge >= 0.3 is 0 Å². The number of nitrogens with zero attached hydrogens (tertiary/aromatic N) is 2. The van der Waals surface area contributed by atoms with Gasteiger partial charge in [-0.15, -0.1) is 0 Å². The predicted molar refractivity (Wildman–Crippen MR) is 171 cm³/mol. The Kier molecular flexibility index (Phi) is 13.0. The average Bonchev–Trinajstić information content (AvgIpc) is 2.76. The molecule has 0 aromatic heterocycles. The van der Waals surface area contributed by atoms with E-state index in [1.54, 1.807) is 0 Å². The largest absolute Gasteiger partial charge is 0.396 e. The van der Waals surface area contributed by atoms with Gasteiger partial charge in [-0.1, -0.05) is 66.3 Å². The van der Waals surface area contributed by atoms with Gasteiger partial charge in [-0.2, -0.15) is 11.8 Å². The number of aliphatic hydroxyl groups is 1. The van der Waals surface area contributed by atoms with Crippen molar-refractivity contribution in [3.63, 3.8) is 0 Å². The molecule has 0 saturated carbocycles. The van der Waals surface area contributed by atoms with E-state index in [-0.39, 0.29) is 39.6 Å². The van der Waals surface area contributed by atoms with Crippen LogP contribution in [0.1, 0.15) is 110 Å². The number of aliphatic hydroxyl groups excluding tert-OH is 1. The van der Waals surface area contributed by atoms with Gasteiger partial charge in [0.1, 0.15) is 0 Å². The summed E-state index contributed by atoms with van der Waals surface area (Å²) >= 11 is 1.84. The van der Waals surface area contributed by atoms with Gasteiger partial charge in [0.15, 0.2) is 0 Å². The lowest BCUT2D eigenvalue weighted by atomic mass is 9.69. The molecular formula is C33H64N2OS. The molecule has 0 rings (SSSR count).